The second-order valence-corrected chi connectivity index (χ2v) is 6.83. The molecule has 0 radical (unpaired) electrons. The van der Waals surface area contributed by atoms with E-state index < -0.39 is 12.6 Å². The lowest BCUT2D eigenvalue weighted by Gasteiger charge is -2.45. The van der Waals surface area contributed by atoms with Gasteiger partial charge in [0.2, 0.25) is 5.90 Å². The molecule has 0 bridgehead atoms. The van der Waals surface area contributed by atoms with Crippen molar-refractivity contribution in [3.8, 4) is 0 Å². The number of fused-ring (bicyclic) bond motifs is 3. The number of hydrogen-bond donors (Lipinski definition) is 0. The molecule has 0 aromatic heterocycles. The first kappa shape index (κ1) is 16.9. The largest absolute Gasteiger partial charge is 0.469 e. The van der Waals surface area contributed by atoms with Gasteiger partial charge in [-0.25, -0.2) is 4.99 Å². The lowest BCUT2D eigenvalue weighted by Crippen LogP contribution is -2.60. The van der Waals surface area contributed by atoms with E-state index in [1.807, 2.05) is 60.7 Å². The Balaban J connectivity index is 1.41. The molecule has 3 aliphatic rings. The van der Waals surface area contributed by atoms with Crippen LogP contribution in [-0.2, 0) is 23.7 Å². The number of nitrogens with zero attached hydrogens (tertiary/aromatic N) is 1. The fourth-order valence-corrected chi connectivity index (χ4v) is 3.82. The zero-order valence-corrected chi connectivity index (χ0v) is 14.9. The van der Waals surface area contributed by atoms with Crippen molar-refractivity contribution in [3.63, 3.8) is 0 Å². The summed E-state index contributed by atoms with van der Waals surface area (Å²) in [5, 5.41) is 0. The highest BCUT2D eigenvalue weighted by Gasteiger charge is 2.54. The molecule has 0 spiro atoms. The summed E-state index contributed by atoms with van der Waals surface area (Å²) in [6.07, 6.45) is -1.76. The third-order valence-electron chi connectivity index (χ3n) is 5.15. The zero-order chi connectivity index (χ0) is 18.2. The summed E-state index contributed by atoms with van der Waals surface area (Å²) in [5.74, 6) is 0.600. The molecule has 0 unspecified atom stereocenters. The summed E-state index contributed by atoms with van der Waals surface area (Å²) in [6.45, 7) is 0.414. The molecular weight excluding hydrogens is 346 g/mol. The van der Waals surface area contributed by atoms with Crippen molar-refractivity contribution in [1.29, 1.82) is 0 Å². The Morgan fingerprint density at radius 3 is 2.41 bits per heavy atom. The predicted molar refractivity (Wildman–Crippen MR) is 97.3 cm³/mol. The summed E-state index contributed by atoms with van der Waals surface area (Å²) < 4.78 is 30.0. The van der Waals surface area contributed by atoms with Gasteiger partial charge in [-0.3, -0.25) is 0 Å². The molecule has 3 aliphatic heterocycles. The van der Waals surface area contributed by atoms with E-state index in [4.69, 9.17) is 28.7 Å². The molecule has 0 amide bonds. The third kappa shape index (κ3) is 3.04. The van der Waals surface area contributed by atoms with E-state index in [0.717, 1.165) is 11.1 Å². The van der Waals surface area contributed by atoms with E-state index in [-0.39, 0.29) is 24.4 Å². The third-order valence-corrected chi connectivity index (χ3v) is 5.15. The molecule has 2 aromatic carbocycles. The van der Waals surface area contributed by atoms with Crippen molar-refractivity contribution < 1.29 is 23.7 Å². The summed E-state index contributed by atoms with van der Waals surface area (Å²) >= 11 is 0. The number of ether oxygens (including phenoxy) is 5. The summed E-state index contributed by atoms with van der Waals surface area (Å²) in [6, 6.07) is 19.5. The number of hydrogen-bond acceptors (Lipinski definition) is 6. The fraction of sp³-hybridized carbons (Fsp3) is 0.381. The van der Waals surface area contributed by atoms with Gasteiger partial charge in [0.25, 0.3) is 0 Å². The molecule has 2 fully saturated rings. The standard InChI is InChI=1S/C21H21NO5/c1-23-21-16-18(26-19(22-16)13-8-4-2-5-9-13)17-15(25-21)12-24-20(27-17)14-10-6-3-7-11-14/h2-11,15-18,20-21H,12H2,1H3/t15-,16-,17-,18+,20+,21+/m0/s1. The first-order valence-electron chi connectivity index (χ1n) is 9.13. The normalized spacial score (nSPS) is 34.9. The number of benzene rings is 2. The molecule has 0 N–H and O–H groups in total. The van der Waals surface area contributed by atoms with Crippen LogP contribution in [0, 0.1) is 0 Å². The Kier molecular flexibility index (Phi) is 4.41. The summed E-state index contributed by atoms with van der Waals surface area (Å²) in [4.78, 5) is 4.74. The highest BCUT2D eigenvalue weighted by atomic mass is 16.7. The molecule has 3 heterocycles. The van der Waals surface area contributed by atoms with Gasteiger partial charge in [0.15, 0.2) is 18.7 Å². The molecule has 0 saturated carbocycles. The molecule has 2 aromatic rings. The van der Waals surface area contributed by atoms with Crippen molar-refractivity contribution in [2.45, 2.75) is 36.9 Å². The van der Waals surface area contributed by atoms with Gasteiger partial charge in [-0.15, -0.1) is 0 Å². The van der Waals surface area contributed by atoms with Crippen LogP contribution in [0.2, 0.25) is 0 Å². The predicted octanol–water partition coefficient (Wildman–Crippen LogP) is 2.69. The molecule has 0 aliphatic carbocycles. The Morgan fingerprint density at radius 1 is 0.926 bits per heavy atom. The van der Waals surface area contributed by atoms with Crippen LogP contribution in [-0.4, -0.2) is 50.3 Å². The monoisotopic (exact) mass is 367 g/mol. The Labute approximate surface area is 157 Å². The Bertz CT molecular complexity index is 812. The first-order valence-corrected chi connectivity index (χ1v) is 9.13. The van der Waals surface area contributed by atoms with Gasteiger partial charge in [-0.2, -0.15) is 0 Å². The molecule has 6 heteroatoms. The smallest absolute Gasteiger partial charge is 0.217 e. The maximum Gasteiger partial charge on any atom is 0.217 e. The van der Waals surface area contributed by atoms with Gasteiger partial charge >= 0.3 is 0 Å². The van der Waals surface area contributed by atoms with Crippen molar-refractivity contribution in [1.82, 2.24) is 0 Å². The van der Waals surface area contributed by atoms with Gasteiger partial charge in [-0.1, -0.05) is 48.5 Å². The first-order chi connectivity index (χ1) is 13.3. The van der Waals surface area contributed by atoms with Gasteiger partial charge < -0.3 is 23.7 Å². The fourth-order valence-electron chi connectivity index (χ4n) is 3.82. The van der Waals surface area contributed by atoms with E-state index in [2.05, 4.69) is 0 Å². The molecule has 6 atom stereocenters. The Morgan fingerprint density at radius 2 is 1.67 bits per heavy atom. The van der Waals surface area contributed by atoms with E-state index in [9.17, 15) is 0 Å². The average Bonchev–Trinajstić information content (AvgIpc) is 3.20. The quantitative estimate of drug-likeness (QED) is 0.835. The highest BCUT2D eigenvalue weighted by molar-refractivity contribution is 5.95. The van der Waals surface area contributed by atoms with Gasteiger partial charge in [0.1, 0.15) is 18.2 Å². The second-order valence-electron chi connectivity index (χ2n) is 6.83. The van der Waals surface area contributed by atoms with Gasteiger partial charge in [0, 0.05) is 18.2 Å². The summed E-state index contributed by atoms with van der Waals surface area (Å²) in [7, 11) is 1.62. The Hall–Kier alpha value is -2.25. The average molecular weight is 367 g/mol. The minimum atomic E-state index is -0.488. The SMILES string of the molecule is CO[C@@H]1O[C@H]2CO[C@@H](c3ccccc3)O[C@@H]2[C@@H]2OC(c3ccccc3)=N[C@H]12. The van der Waals surface area contributed by atoms with E-state index in [0.29, 0.717) is 12.5 Å². The second kappa shape index (κ2) is 7.05. The van der Waals surface area contributed by atoms with Crippen LogP contribution in [0.1, 0.15) is 17.4 Å². The highest BCUT2D eigenvalue weighted by Crippen LogP contribution is 2.39. The molecule has 5 rings (SSSR count). The van der Waals surface area contributed by atoms with E-state index >= 15 is 0 Å². The minimum Gasteiger partial charge on any atom is -0.469 e. The lowest BCUT2D eigenvalue weighted by atomic mass is 9.96. The van der Waals surface area contributed by atoms with Gasteiger partial charge in [0.05, 0.1) is 6.61 Å². The summed E-state index contributed by atoms with van der Waals surface area (Å²) in [5.41, 5.74) is 1.91. The molecule has 6 nitrogen and oxygen atoms in total. The van der Waals surface area contributed by atoms with Crippen molar-refractivity contribution in [2.24, 2.45) is 4.99 Å². The maximum atomic E-state index is 6.27. The topological polar surface area (TPSA) is 58.5 Å². The van der Waals surface area contributed by atoms with Crippen LogP contribution in [0.5, 0.6) is 0 Å². The minimum absolute atomic E-state index is 0.263. The zero-order valence-electron chi connectivity index (χ0n) is 14.9. The maximum absolute atomic E-state index is 6.27. The van der Waals surface area contributed by atoms with E-state index in [1.165, 1.54) is 0 Å². The van der Waals surface area contributed by atoms with Crippen LogP contribution in [0.4, 0.5) is 0 Å². The van der Waals surface area contributed by atoms with Crippen LogP contribution in [0.3, 0.4) is 0 Å². The van der Waals surface area contributed by atoms with Gasteiger partial charge in [-0.05, 0) is 12.1 Å². The van der Waals surface area contributed by atoms with Crippen LogP contribution in [0.25, 0.3) is 0 Å². The molecule has 27 heavy (non-hydrogen) atoms. The van der Waals surface area contributed by atoms with Crippen molar-refractivity contribution in [2.75, 3.05) is 13.7 Å². The molecule has 140 valence electrons. The number of aliphatic imine (C=N–C) groups is 1. The van der Waals surface area contributed by atoms with Crippen LogP contribution >= 0.6 is 0 Å². The number of methoxy groups -OCH3 is 1. The molecule has 2 saturated heterocycles. The molecular formula is C21H21NO5. The van der Waals surface area contributed by atoms with E-state index in [1.54, 1.807) is 7.11 Å². The van der Waals surface area contributed by atoms with Crippen molar-refractivity contribution >= 4 is 5.90 Å². The van der Waals surface area contributed by atoms with Crippen LogP contribution < -0.4 is 0 Å². The lowest BCUT2D eigenvalue weighted by molar-refractivity contribution is -0.333. The number of rotatable bonds is 3. The van der Waals surface area contributed by atoms with Crippen molar-refractivity contribution in [3.05, 3.63) is 71.8 Å². The van der Waals surface area contributed by atoms with Crippen LogP contribution in [0.15, 0.2) is 65.7 Å².